The highest BCUT2D eigenvalue weighted by Gasteiger charge is 2.32. The zero-order valence-corrected chi connectivity index (χ0v) is 17.0. The second-order valence-corrected chi connectivity index (χ2v) is 8.48. The largest absolute Gasteiger partial charge is 0.361 e. The maximum Gasteiger partial charge on any atom is 0.256 e. The summed E-state index contributed by atoms with van der Waals surface area (Å²) in [5.74, 6) is 0.705. The quantitative estimate of drug-likeness (QED) is 0.843. The number of H-pyrrole nitrogens is 1. The average molecular weight is 379 g/mol. The predicted molar refractivity (Wildman–Crippen MR) is 111 cm³/mol. The molecule has 1 atom stereocenters. The Labute approximate surface area is 167 Å². The molecule has 1 saturated heterocycles. The lowest BCUT2D eigenvalue weighted by molar-refractivity contribution is 0.0663. The van der Waals surface area contributed by atoms with Crippen LogP contribution in [0.15, 0.2) is 24.3 Å². The van der Waals surface area contributed by atoms with Crippen LogP contribution < -0.4 is 0 Å². The molecule has 148 valence electrons. The van der Waals surface area contributed by atoms with Gasteiger partial charge in [0.15, 0.2) is 5.78 Å². The number of amides is 1. The molecule has 2 aromatic rings. The fraction of sp³-hybridized carbons (Fsp3) is 0.500. The number of nitrogens with zero attached hydrogens (tertiary/aromatic N) is 1. The number of ketones is 1. The van der Waals surface area contributed by atoms with Crippen LogP contribution in [0.25, 0.3) is 0 Å². The van der Waals surface area contributed by atoms with E-state index in [0.29, 0.717) is 23.5 Å². The number of fused-ring (bicyclic) bond motifs is 1. The molecule has 4 nitrogen and oxygen atoms in total. The van der Waals surface area contributed by atoms with E-state index in [1.165, 1.54) is 17.5 Å². The highest BCUT2D eigenvalue weighted by atomic mass is 16.2. The van der Waals surface area contributed by atoms with Gasteiger partial charge in [0, 0.05) is 30.9 Å². The second kappa shape index (κ2) is 7.94. The lowest BCUT2D eigenvalue weighted by Crippen LogP contribution is -2.40. The van der Waals surface area contributed by atoms with E-state index in [4.69, 9.17) is 0 Å². The van der Waals surface area contributed by atoms with Crippen LogP contribution in [0.2, 0.25) is 0 Å². The van der Waals surface area contributed by atoms with Crippen LogP contribution in [0.5, 0.6) is 0 Å². The molecule has 0 unspecified atom stereocenters. The smallest absolute Gasteiger partial charge is 0.256 e. The minimum atomic E-state index is 0.0471. The predicted octanol–water partition coefficient (Wildman–Crippen LogP) is 4.64. The molecule has 0 radical (unpaired) electrons. The first kappa shape index (κ1) is 19.0. The number of hydrogen-bond acceptors (Lipinski definition) is 2. The minimum absolute atomic E-state index is 0.0471. The Morgan fingerprint density at radius 2 is 2.00 bits per heavy atom. The Balaban J connectivity index is 1.46. The molecule has 1 aliphatic heterocycles. The zero-order valence-electron chi connectivity index (χ0n) is 17.0. The summed E-state index contributed by atoms with van der Waals surface area (Å²) in [6.45, 7) is 5.70. The fourth-order valence-electron chi connectivity index (χ4n) is 4.90. The Morgan fingerprint density at radius 3 is 2.82 bits per heavy atom. The van der Waals surface area contributed by atoms with Gasteiger partial charge >= 0.3 is 0 Å². The molecular formula is C24H30N2O2. The van der Waals surface area contributed by atoms with Crippen molar-refractivity contribution in [2.24, 2.45) is 5.92 Å². The van der Waals surface area contributed by atoms with Gasteiger partial charge in [-0.2, -0.15) is 0 Å². The summed E-state index contributed by atoms with van der Waals surface area (Å²) < 4.78 is 0. The van der Waals surface area contributed by atoms with E-state index < -0.39 is 0 Å². The van der Waals surface area contributed by atoms with Crippen molar-refractivity contribution in [2.45, 2.75) is 58.8 Å². The Bertz CT molecular complexity index is 896. The minimum Gasteiger partial charge on any atom is -0.361 e. The van der Waals surface area contributed by atoms with E-state index in [1.807, 2.05) is 11.8 Å². The van der Waals surface area contributed by atoms with Crippen LogP contribution >= 0.6 is 0 Å². The molecule has 0 saturated carbocycles. The van der Waals surface area contributed by atoms with Crippen molar-refractivity contribution in [2.75, 3.05) is 13.1 Å². The van der Waals surface area contributed by atoms with Crippen LogP contribution in [-0.2, 0) is 12.8 Å². The van der Waals surface area contributed by atoms with E-state index >= 15 is 0 Å². The molecular weight excluding hydrogens is 348 g/mol. The Hall–Kier alpha value is -2.36. The van der Waals surface area contributed by atoms with Gasteiger partial charge in [0.25, 0.3) is 5.91 Å². The number of Topliss-reactive ketones (excluding diaryl/α,β-unsaturated/α-hetero) is 1. The molecule has 2 aliphatic rings. The highest BCUT2D eigenvalue weighted by molar-refractivity contribution is 6.10. The lowest BCUT2D eigenvalue weighted by Gasteiger charge is -2.33. The number of rotatable bonds is 4. The molecule has 1 aromatic carbocycles. The number of likely N-dealkylation sites (tertiary alicyclic amines) is 1. The summed E-state index contributed by atoms with van der Waals surface area (Å²) in [4.78, 5) is 31.1. The third-order valence-electron chi connectivity index (χ3n) is 6.48. The van der Waals surface area contributed by atoms with Crippen molar-refractivity contribution < 1.29 is 9.59 Å². The summed E-state index contributed by atoms with van der Waals surface area (Å²) in [7, 11) is 0. The first-order chi connectivity index (χ1) is 13.5. The summed E-state index contributed by atoms with van der Waals surface area (Å²) in [6, 6.07) is 8.57. The third-order valence-corrected chi connectivity index (χ3v) is 6.48. The Kier molecular flexibility index (Phi) is 5.38. The lowest BCUT2D eigenvalue weighted by atomic mass is 9.89. The molecule has 2 heterocycles. The molecule has 4 heteroatoms. The second-order valence-electron chi connectivity index (χ2n) is 8.48. The fourth-order valence-corrected chi connectivity index (χ4v) is 4.90. The normalized spacial score (nSPS) is 19.6. The van der Waals surface area contributed by atoms with E-state index in [9.17, 15) is 9.59 Å². The molecule has 1 aromatic heterocycles. The van der Waals surface area contributed by atoms with Crippen molar-refractivity contribution >= 4 is 11.7 Å². The van der Waals surface area contributed by atoms with Crippen LogP contribution in [0.3, 0.4) is 0 Å². The van der Waals surface area contributed by atoms with Gasteiger partial charge in [0.2, 0.25) is 0 Å². The number of aromatic nitrogens is 1. The van der Waals surface area contributed by atoms with Crippen LogP contribution in [0, 0.1) is 19.8 Å². The van der Waals surface area contributed by atoms with Crippen molar-refractivity contribution in [1.82, 2.24) is 9.88 Å². The maximum atomic E-state index is 13.3. The SMILES string of the molecule is Cc1ccccc1CC[C@H]1CCCN(C(=O)c2c(C)[nH]c3c2C(=O)CCC3)C1. The van der Waals surface area contributed by atoms with Gasteiger partial charge < -0.3 is 9.88 Å². The number of nitrogens with one attached hydrogen (secondary N) is 1. The summed E-state index contributed by atoms with van der Waals surface area (Å²) in [5, 5.41) is 0. The Morgan fingerprint density at radius 1 is 1.18 bits per heavy atom. The molecule has 0 spiro atoms. The molecule has 1 N–H and O–H groups in total. The van der Waals surface area contributed by atoms with Gasteiger partial charge in [-0.1, -0.05) is 24.3 Å². The molecule has 1 aliphatic carbocycles. The maximum absolute atomic E-state index is 13.3. The van der Waals surface area contributed by atoms with Gasteiger partial charge in [-0.05, 0) is 69.4 Å². The van der Waals surface area contributed by atoms with Gasteiger partial charge in [0.1, 0.15) is 0 Å². The number of carbonyl (C=O) groups excluding carboxylic acids is 2. The van der Waals surface area contributed by atoms with E-state index in [1.54, 1.807) is 0 Å². The number of aromatic amines is 1. The number of hydrogen-bond donors (Lipinski definition) is 1. The van der Waals surface area contributed by atoms with Crippen LogP contribution in [-0.4, -0.2) is 34.7 Å². The zero-order chi connectivity index (χ0) is 19.7. The topological polar surface area (TPSA) is 53.2 Å². The third kappa shape index (κ3) is 3.65. The summed E-state index contributed by atoms with van der Waals surface area (Å²) in [6.07, 6.45) is 6.71. The number of benzene rings is 1. The van der Waals surface area contributed by atoms with Gasteiger partial charge in [-0.3, -0.25) is 9.59 Å². The summed E-state index contributed by atoms with van der Waals surface area (Å²) in [5.41, 5.74) is 5.89. The van der Waals surface area contributed by atoms with E-state index in [-0.39, 0.29) is 11.7 Å². The number of aryl methyl sites for hydroxylation is 4. The first-order valence-electron chi connectivity index (χ1n) is 10.6. The van der Waals surface area contributed by atoms with E-state index in [2.05, 4.69) is 36.2 Å². The highest BCUT2D eigenvalue weighted by Crippen LogP contribution is 2.30. The molecule has 28 heavy (non-hydrogen) atoms. The molecule has 0 bridgehead atoms. The standard InChI is InChI=1S/C24H30N2O2/c1-16-7-3-4-9-19(16)13-12-18-8-6-14-26(15-18)24(28)22-17(2)25-20-10-5-11-21(27)23(20)22/h3-4,7,9,18,25H,5-6,8,10-15H2,1-2H3/t18-/m1/s1. The monoisotopic (exact) mass is 378 g/mol. The van der Waals surface area contributed by atoms with Gasteiger partial charge in [-0.15, -0.1) is 0 Å². The van der Waals surface area contributed by atoms with Gasteiger partial charge in [-0.25, -0.2) is 0 Å². The van der Waals surface area contributed by atoms with Crippen molar-refractivity contribution in [3.8, 4) is 0 Å². The average Bonchev–Trinajstić information content (AvgIpc) is 3.04. The van der Waals surface area contributed by atoms with Crippen molar-refractivity contribution in [1.29, 1.82) is 0 Å². The molecule has 4 rings (SSSR count). The van der Waals surface area contributed by atoms with Crippen LogP contribution in [0.1, 0.15) is 75.3 Å². The van der Waals surface area contributed by atoms with Crippen molar-refractivity contribution in [3.05, 3.63) is 57.9 Å². The van der Waals surface area contributed by atoms with Crippen LogP contribution in [0.4, 0.5) is 0 Å². The van der Waals surface area contributed by atoms with Gasteiger partial charge in [0.05, 0.1) is 11.1 Å². The summed E-state index contributed by atoms with van der Waals surface area (Å²) >= 11 is 0. The molecule has 1 fully saturated rings. The van der Waals surface area contributed by atoms with Crippen molar-refractivity contribution in [3.63, 3.8) is 0 Å². The van der Waals surface area contributed by atoms with E-state index in [0.717, 1.165) is 56.6 Å². The number of piperidine rings is 1. The number of carbonyl (C=O) groups is 2. The first-order valence-corrected chi connectivity index (χ1v) is 10.6. The molecule has 1 amide bonds.